The third kappa shape index (κ3) is 4.33. The number of nitrogens with one attached hydrogen (secondary N) is 1. The van der Waals surface area contributed by atoms with E-state index in [1.165, 1.54) is 24.8 Å². The van der Waals surface area contributed by atoms with Crippen molar-refractivity contribution in [3.8, 4) is 0 Å². The Balaban J connectivity index is 1.36. The molecule has 4 rings (SSSR count). The van der Waals surface area contributed by atoms with E-state index in [9.17, 15) is 4.79 Å². The molecule has 32 heavy (non-hydrogen) atoms. The zero-order valence-electron chi connectivity index (χ0n) is 19.6. The van der Waals surface area contributed by atoms with Crippen molar-refractivity contribution in [2.75, 3.05) is 57.8 Å². The number of carbonyl (C=O) groups is 1. The van der Waals surface area contributed by atoms with Gasteiger partial charge in [-0.25, -0.2) is 9.78 Å². The van der Waals surface area contributed by atoms with Gasteiger partial charge in [-0.05, 0) is 44.7 Å². The second-order valence-electron chi connectivity index (χ2n) is 9.36. The predicted molar refractivity (Wildman–Crippen MR) is 127 cm³/mol. The SMILES string of the molecule is CCOC(=O)N1CC2(CC[C@@H](N3CCN(c4nccc(C)c4/C(C=[NH+]C)=C/N)CC3)C2)C1. The van der Waals surface area contributed by atoms with Gasteiger partial charge in [-0.1, -0.05) is 0 Å². The third-order valence-corrected chi connectivity index (χ3v) is 7.29. The Kier molecular flexibility index (Phi) is 6.69. The van der Waals surface area contributed by atoms with E-state index in [0.717, 1.165) is 56.2 Å². The van der Waals surface area contributed by atoms with Gasteiger partial charge >= 0.3 is 6.09 Å². The Morgan fingerprint density at radius 1 is 1.34 bits per heavy atom. The van der Waals surface area contributed by atoms with Crippen LogP contribution in [-0.2, 0) is 4.74 Å². The van der Waals surface area contributed by atoms with E-state index in [1.807, 2.05) is 37.3 Å². The van der Waals surface area contributed by atoms with Crippen LogP contribution in [0.4, 0.5) is 10.6 Å². The van der Waals surface area contributed by atoms with Crippen molar-refractivity contribution in [2.45, 2.75) is 39.2 Å². The minimum Gasteiger partial charge on any atom is -0.450 e. The van der Waals surface area contributed by atoms with Crippen LogP contribution in [0.3, 0.4) is 0 Å². The fraction of sp³-hybridized carbons (Fsp3) is 0.625. The second-order valence-corrected chi connectivity index (χ2v) is 9.36. The highest BCUT2D eigenvalue weighted by Gasteiger charge is 2.51. The number of hydrogen-bond acceptors (Lipinski definition) is 6. The molecule has 2 aliphatic heterocycles. The van der Waals surface area contributed by atoms with E-state index in [2.05, 4.69) is 21.7 Å². The summed E-state index contributed by atoms with van der Waals surface area (Å²) in [6, 6.07) is 2.65. The number of likely N-dealkylation sites (tertiary alicyclic amines) is 1. The monoisotopic (exact) mass is 441 g/mol. The van der Waals surface area contributed by atoms with Gasteiger partial charge in [-0.2, -0.15) is 0 Å². The van der Waals surface area contributed by atoms with Crippen molar-refractivity contribution >= 4 is 23.7 Å². The molecule has 2 saturated heterocycles. The molecule has 1 aromatic heterocycles. The van der Waals surface area contributed by atoms with E-state index in [4.69, 9.17) is 15.5 Å². The van der Waals surface area contributed by atoms with Crippen LogP contribution in [0.1, 0.15) is 37.3 Å². The zero-order valence-corrected chi connectivity index (χ0v) is 19.6. The number of allylic oxidation sites excluding steroid dienone is 1. The van der Waals surface area contributed by atoms with E-state index >= 15 is 0 Å². The van der Waals surface area contributed by atoms with Crippen molar-refractivity contribution in [3.05, 3.63) is 29.6 Å². The predicted octanol–water partition coefficient (Wildman–Crippen LogP) is 0.604. The first-order valence-corrected chi connectivity index (χ1v) is 11.8. The number of hydrogen-bond donors (Lipinski definition) is 2. The summed E-state index contributed by atoms with van der Waals surface area (Å²) in [5.41, 5.74) is 9.48. The average molecular weight is 442 g/mol. The smallest absolute Gasteiger partial charge is 0.409 e. The first-order chi connectivity index (χ1) is 15.5. The van der Waals surface area contributed by atoms with E-state index < -0.39 is 0 Å². The van der Waals surface area contributed by atoms with Crippen LogP contribution in [-0.4, -0.2) is 86.1 Å². The lowest BCUT2D eigenvalue weighted by atomic mass is 9.78. The number of aryl methyl sites for hydroxylation is 1. The van der Waals surface area contributed by atoms with Gasteiger partial charge in [0.2, 0.25) is 0 Å². The molecule has 8 heteroatoms. The van der Waals surface area contributed by atoms with Gasteiger partial charge in [0.05, 0.1) is 12.2 Å². The Labute approximate surface area is 191 Å². The molecule has 174 valence electrons. The molecule has 0 aromatic carbocycles. The van der Waals surface area contributed by atoms with Crippen LogP contribution in [0.5, 0.6) is 0 Å². The standard InChI is InChI=1S/C24H36N6O2/c1-4-32-23(31)30-16-24(17-30)7-5-20(13-24)28-9-11-29(12-10-28)22-21(18(2)6-8-27-22)19(14-25)15-26-3/h6,8,14-15,20H,4-5,7,9-13,16-17,25H2,1-3H3/p+1/b19-14+,26-15?/t20-/m1/s1. The van der Waals surface area contributed by atoms with E-state index in [0.29, 0.717) is 18.1 Å². The lowest BCUT2D eigenvalue weighted by Crippen LogP contribution is -2.63. The second kappa shape index (κ2) is 9.48. The maximum absolute atomic E-state index is 11.9. The maximum Gasteiger partial charge on any atom is 0.409 e. The van der Waals surface area contributed by atoms with Gasteiger partial charge < -0.3 is 20.3 Å². The lowest BCUT2D eigenvalue weighted by Gasteiger charge is -2.48. The number of carbonyl (C=O) groups excluding carboxylic acids is 1. The Bertz CT molecular complexity index is 884. The number of pyridine rings is 1. The van der Waals surface area contributed by atoms with Gasteiger partial charge in [0, 0.05) is 68.7 Å². The summed E-state index contributed by atoms with van der Waals surface area (Å²) in [5.74, 6) is 1.01. The summed E-state index contributed by atoms with van der Waals surface area (Å²) < 4.78 is 5.15. The topological polar surface area (TPSA) is 88.9 Å². The van der Waals surface area contributed by atoms with Gasteiger partial charge in [0.25, 0.3) is 0 Å². The molecule has 3 aliphatic rings. The molecule has 1 amide bonds. The number of aromatic nitrogens is 1. The number of piperazine rings is 1. The van der Waals surface area contributed by atoms with Crippen LogP contribution in [0.15, 0.2) is 18.5 Å². The number of amides is 1. The highest BCUT2D eigenvalue weighted by molar-refractivity contribution is 6.09. The summed E-state index contributed by atoms with van der Waals surface area (Å²) in [5, 5.41) is 0. The van der Waals surface area contributed by atoms with Gasteiger partial charge in [0.15, 0.2) is 6.21 Å². The lowest BCUT2D eigenvalue weighted by molar-refractivity contribution is -0.412. The summed E-state index contributed by atoms with van der Waals surface area (Å²) in [6.07, 6.45) is 8.94. The molecule has 1 aromatic rings. The summed E-state index contributed by atoms with van der Waals surface area (Å²) in [4.78, 5) is 26.7. The number of rotatable bonds is 5. The highest BCUT2D eigenvalue weighted by atomic mass is 16.6. The zero-order chi connectivity index (χ0) is 22.7. The summed E-state index contributed by atoms with van der Waals surface area (Å²) in [7, 11) is 1.88. The number of ether oxygens (including phenoxy) is 1. The van der Waals surface area contributed by atoms with Crippen LogP contribution in [0, 0.1) is 12.3 Å². The first-order valence-electron chi connectivity index (χ1n) is 11.8. The van der Waals surface area contributed by atoms with Crippen LogP contribution in [0.2, 0.25) is 0 Å². The largest absolute Gasteiger partial charge is 0.450 e. The van der Waals surface area contributed by atoms with Crippen molar-refractivity contribution < 1.29 is 14.5 Å². The molecule has 0 unspecified atom stereocenters. The Morgan fingerprint density at radius 2 is 2.09 bits per heavy atom. The molecule has 0 radical (unpaired) electrons. The highest BCUT2D eigenvalue weighted by Crippen LogP contribution is 2.47. The molecule has 3 heterocycles. The molecule has 8 nitrogen and oxygen atoms in total. The molecular weight excluding hydrogens is 404 g/mol. The summed E-state index contributed by atoms with van der Waals surface area (Å²) in [6.45, 7) is 10.1. The molecule has 3 N–H and O–H groups in total. The van der Waals surface area contributed by atoms with Crippen LogP contribution >= 0.6 is 0 Å². The normalized spacial score (nSPS) is 23.7. The van der Waals surface area contributed by atoms with E-state index in [-0.39, 0.29) is 6.09 Å². The van der Waals surface area contributed by atoms with Crippen LogP contribution in [0.25, 0.3) is 5.57 Å². The quantitative estimate of drug-likeness (QED) is 0.651. The van der Waals surface area contributed by atoms with Crippen molar-refractivity contribution in [1.82, 2.24) is 14.8 Å². The van der Waals surface area contributed by atoms with Crippen molar-refractivity contribution in [3.63, 3.8) is 0 Å². The molecule has 1 saturated carbocycles. The minimum atomic E-state index is -0.155. The molecular formula is C24H37N6O2+. The number of nitrogens with two attached hydrogens (primary N) is 1. The Morgan fingerprint density at radius 3 is 2.75 bits per heavy atom. The fourth-order valence-electron chi connectivity index (χ4n) is 5.68. The van der Waals surface area contributed by atoms with Crippen molar-refractivity contribution in [2.24, 2.45) is 11.1 Å². The van der Waals surface area contributed by atoms with Crippen molar-refractivity contribution in [1.29, 1.82) is 0 Å². The number of anilines is 1. The first kappa shape index (κ1) is 22.6. The number of nitrogens with zero attached hydrogens (tertiary/aromatic N) is 4. The van der Waals surface area contributed by atoms with Gasteiger partial charge in [0.1, 0.15) is 12.9 Å². The summed E-state index contributed by atoms with van der Waals surface area (Å²) >= 11 is 0. The minimum absolute atomic E-state index is 0.155. The molecule has 1 atom stereocenters. The molecule has 1 spiro atoms. The molecule has 0 bridgehead atoms. The Hall–Kier alpha value is -2.61. The van der Waals surface area contributed by atoms with Gasteiger partial charge in [-0.3, -0.25) is 9.89 Å². The maximum atomic E-state index is 11.9. The van der Waals surface area contributed by atoms with Gasteiger partial charge in [-0.15, -0.1) is 0 Å². The third-order valence-electron chi connectivity index (χ3n) is 7.29. The molecule has 3 fully saturated rings. The fourth-order valence-corrected chi connectivity index (χ4v) is 5.68. The average Bonchev–Trinajstić information content (AvgIpc) is 3.23. The van der Waals surface area contributed by atoms with E-state index in [1.54, 1.807) is 6.20 Å². The van der Waals surface area contributed by atoms with Crippen LogP contribution < -0.4 is 15.6 Å². The molecule has 1 aliphatic carbocycles.